The van der Waals surface area contributed by atoms with E-state index in [1.165, 1.54) is 12.3 Å². The van der Waals surface area contributed by atoms with E-state index in [1.807, 2.05) is 31.2 Å². The van der Waals surface area contributed by atoms with Gasteiger partial charge in [-0.3, -0.25) is 4.98 Å². The molecule has 1 heterocycles. The molecular weight excluding hydrogens is 238 g/mol. The molecule has 1 N–H and O–H groups in total. The van der Waals surface area contributed by atoms with Gasteiger partial charge in [0.1, 0.15) is 0 Å². The third-order valence-corrected chi connectivity index (χ3v) is 2.78. The van der Waals surface area contributed by atoms with E-state index in [9.17, 15) is 4.79 Å². The first-order chi connectivity index (χ1) is 8.09. The second-order valence-corrected chi connectivity index (χ2v) is 4.08. The lowest BCUT2D eigenvalue weighted by Gasteiger charge is -2.07. The van der Waals surface area contributed by atoms with Gasteiger partial charge in [-0.1, -0.05) is 35.9 Å². The van der Waals surface area contributed by atoms with Crippen LogP contribution in [0.2, 0.25) is 5.02 Å². The van der Waals surface area contributed by atoms with Crippen LogP contribution in [0.4, 0.5) is 0 Å². The maximum absolute atomic E-state index is 10.8. The highest BCUT2D eigenvalue weighted by molar-refractivity contribution is 6.33. The molecule has 0 aliphatic heterocycles. The fraction of sp³-hybridized carbons (Fsp3) is 0.0769. The molecule has 0 fully saturated rings. The highest BCUT2D eigenvalue weighted by Gasteiger charge is 2.11. The number of halogens is 1. The smallest absolute Gasteiger partial charge is 0.337 e. The first-order valence-corrected chi connectivity index (χ1v) is 5.42. The van der Waals surface area contributed by atoms with E-state index in [-0.39, 0.29) is 5.56 Å². The first-order valence-electron chi connectivity index (χ1n) is 5.04. The van der Waals surface area contributed by atoms with Gasteiger partial charge in [-0.25, -0.2) is 4.79 Å². The molecule has 17 heavy (non-hydrogen) atoms. The number of carboxylic acids is 1. The molecule has 4 heteroatoms. The van der Waals surface area contributed by atoms with Crippen LogP contribution in [0.15, 0.2) is 36.5 Å². The lowest BCUT2D eigenvalue weighted by atomic mass is 10.0. The molecule has 2 aromatic rings. The fourth-order valence-electron chi connectivity index (χ4n) is 1.59. The van der Waals surface area contributed by atoms with Gasteiger partial charge in [0.05, 0.1) is 16.3 Å². The van der Waals surface area contributed by atoms with Crippen LogP contribution < -0.4 is 0 Å². The number of rotatable bonds is 2. The van der Waals surface area contributed by atoms with Crippen molar-refractivity contribution in [3.05, 3.63) is 52.7 Å². The SMILES string of the molecule is Cc1ccccc1-c1ncc(C(=O)O)cc1Cl. The van der Waals surface area contributed by atoms with Crippen molar-refractivity contribution in [3.8, 4) is 11.3 Å². The van der Waals surface area contributed by atoms with E-state index < -0.39 is 5.97 Å². The minimum absolute atomic E-state index is 0.0901. The third-order valence-electron chi connectivity index (χ3n) is 2.49. The summed E-state index contributed by atoms with van der Waals surface area (Å²) in [6, 6.07) is 9.10. The Bertz CT molecular complexity index is 581. The molecule has 86 valence electrons. The van der Waals surface area contributed by atoms with Gasteiger partial charge < -0.3 is 5.11 Å². The maximum atomic E-state index is 10.8. The Morgan fingerprint density at radius 1 is 1.35 bits per heavy atom. The molecular formula is C13H10ClNO2. The van der Waals surface area contributed by atoms with Crippen LogP contribution in [0, 0.1) is 6.92 Å². The molecule has 0 saturated heterocycles. The minimum Gasteiger partial charge on any atom is -0.478 e. The summed E-state index contributed by atoms with van der Waals surface area (Å²) < 4.78 is 0. The molecule has 0 unspecified atom stereocenters. The number of hydrogen-bond donors (Lipinski definition) is 1. The lowest BCUT2D eigenvalue weighted by molar-refractivity contribution is 0.0696. The van der Waals surface area contributed by atoms with Gasteiger partial charge in [0.15, 0.2) is 0 Å². The molecule has 0 atom stereocenters. The molecule has 0 aliphatic carbocycles. The van der Waals surface area contributed by atoms with E-state index in [1.54, 1.807) is 0 Å². The Kier molecular flexibility index (Phi) is 3.11. The predicted molar refractivity (Wildman–Crippen MR) is 66.4 cm³/mol. The Hall–Kier alpha value is -1.87. The average Bonchev–Trinajstić information content (AvgIpc) is 2.30. The van der Waals surface area contributed by atoms with Crippen molar-refractivity contribution in [2.45, 2.75) is 6.92 Å². The van der Waals surface area contributed by atoms with Gasteiger partial charge in [-0.15, -0.1) is 0 Å². The molecule has 2 rings (SSSR count). The van der Waals surface area contributed by atoms with Crippen LogP contribution in [-0.2, 0) is 0 Å². The summed E-state index contributed by atoms with van der Waals surface area (Å²) in [6.07, 6.45) is 1.32. The summed E-state index contributed by atoms with van der Waals surface area (Å²) in [5.74, 6) is -1.03. The number of pyridine rings is 1. The molecule has 1 aromatic carbocycles. The zero-order chi connectivity index (χ0) is 12.4. The van der Waals surface area contributed by atoms with Crippen molar-refractivity contribution in [2.75, 3.05) is 0 Å². The van der Waals surface area contributed by atoms with E-state index in [4.69, 9.17) is 16.7 Å². The number of aromatic nitrogens is 1. The van der Waals surface area contributed by atoms with Gasteiger partial charge in [-0.2, -0.15) is 0 Å². The van der Waals surface area contributed by atoms with E-state index >= 15 is 0 Å². The molecule has 0 amide bonds. The third kappa shape index (κ3) is 2.29. The highest BCUT2D eigenvalue weighted by atomic mass is 35.5. The molecule has 1 aromatic heterocycles. The van der Waals surface area contributed by atoms with Crippen LogP contribution in [-0.4, -0.2) is 16.1 Å². The van der Waals surface area contributed by atoms with E-state index in [0.29, 0.717) is 10.7 Å². The Morgan fingerprint density at radius 2 is 2.06 bits per heavy atom. The van der Waals surface area contributed by atoms with Crippen molar-refractivity contribution < 1.29 is 9.90 Å². The topological polar surface area (TPSA) is 50.2 Å². The Labute approximate surface area is 104 Å². The van der Waals surface area contributed by atoms with Crippen LogP contribution in [0.25, 0.3) is 11.3 Å². The van der Waals surface area contributed by atoms with Crippen molar-refractivity contribution in [1.29, 1.82) is 0 Å². The second-order valence-electron chi connectivity index (χ2n) is 3.67. The number of hydrogen-bond acceptors (Lipinski definition) is 2. The summed E-state index contributed by atoms with van der Waals surface area (Å²) in [5.41, 5.74) is 2.65. The monoisotopic (exact) mass is 247 g/mol. The number of aryl methyl sites for hydroxylation is 1. The molecule has 0 radical (unpaired) electrons. The normalized spacial score (nSPS) is 10.2. The standard InChI is InChI=1S/C13H10ClNO2/c1-8-4-2-3-5-10(8)12-11(14)6-9(7-15-12)13(16)17/h2-7H,1H3,(H,16,17). The summed E-state index contributed by atoms with van der Waals surface area (Å²) >= 11 is 6.05. The molecule has 3 nitrogen and oxygen atoms in total. The van der Waals surface area contributed by atoms with E-state index in [0.717, 1.165) is 11.1 Å². The number of carbonyl (C=O) groups is 1. The molecule has 0 aliphatic rings. The summed E-state index contributed by atoms with van der Waals surface area (Å²) in [7, 11) is 0. The van der Waals surface area contributed by atoms with Gasteiger partial charge in [0.2, 0.25) is 0 Å². The summed E-state index contributed by atoms with van der Waals surface area (Å²) in [4.78, 5) is 14.9. The van der Waals surface area contributed by atoms with Gasteiger partial charge >= 0.3 is 5.97 Å². The quantitative estimate of drug-likeness (QED) is 0.885. The summed E-state index contributed by atoms with van der Waals surface area (Å²) in [6.45, 7) is 1.96. The van der Waals surface area contributed by atoms with Crippen LogP contribution in [0.1, 0.15) is 15.9 Å². The average molecular weight is 248 g/mol. The number of aromatic carboxylic acids is 1. The highest BCUT2D eigenvalue weighted by Crippen LogP contribution is 2.28. The Balaban J connectivity index is 2.55. The van der Waals surface area contributed by atoms with Gasteiger partial charge in [0, 0.05) is 11.8 Å². The first kappa shape index (κ1) is 11.6. The van der Waals surface area contributed by atoms with Gasteiger partial charge in [-0.05, 0) is 18.6 Å². The van der Waals surface area contributed by atoms with Crippen molar-refractivity contribution in [1.82, 2.24) is 4.98 Å². The number of carboxylic acid groups (broad SMARTS) is 1. The van der Waals surface area contributed by atoms with Gasteiger partial charge in [0.25, 0.3) is 0 Å². The van der Waals surface area contributed by atoms with Crippen LogP contribution in [0.3, 0.4) is 0 Å². The lowest BCUT2D eigenvalue weighted by Crippen LogP contribution is -1.98. The maximum Gasteiger partial charge on any atom is 0.337 e. The minimum atomic E-state index is -1.03. The number of benzene rings is 1. The zero-order valence-corrected chi connectivity index (χ0v) is 9.90. The summed E-state index contributed by atoms with van der Waals surface area (Å²) in [5, 5.41) is 9.17. The zero-order valence-electron chi connectivity index (χ0n) is 9.14. The second kappa shape index (κ2) is 4.55. The predicted octanol–water partition coefficient (Wildman–Crippen LogP) is 3.41. The van der Waals surface area contributed by atoms with Crippen LogP contribution >= 0.6 is 11.6 Å². The molecule has 0 saturated carbocycles. The van der Waals surface area contributed by atoms with E-state index in [2.05, 4.69) is 4.98 Å². The van der Waals surface area contributed by atoms with Crippen molar-refractivity contribution in [2.24, 2.45) is 0 Å². The molecule has 0 bridgehead atoms. The largest absolute Gasteiger partial charge is 0.478 e. The number of nitrogens with zero attached hydrogens (tertiary/aromatic N) is 1. The van der Waals surface area contributed by atoms with Crippen molar-refractivity contribution >= 4 is 17.6 Å². The fourth-order valence-corrected chi connectivity index (χ4v) is 1.86. The molecule has 0 spiro atoms. The Morgan fingerprint density at radius 3 is 2.65 bits per heavy atom. The van der Waals surface area contributed by atoms with Crippen molar-refractivity contribution in [3.63, 3.8) is 0 Å². The van der Waals surface area contributed by atoms with Crippen LogP contribution in [0.5, 0.6) is 0 Å².